The van der Waals surface area contributed by atoms with Gasteiger partial charge in [-0.1, -0.05) is 0 Å². The van der Waals surface area contributed by atoms with Gasteiger partial charge in [0.25, 0.3) is 0 Å². The van der Waals surface area contributed by atoms with Gasteiger partial charge in [0.05, 0.1) is 22.7 Å². The number of hydrogen-bond donors (Lipinski definition) is 1. The fraction of sp³-hybridized carbons (Fsp3) is 0.250. The van der Waals surface area contributed by atoms with E-state index in [0.29, 0.717) is 11.4 Å². The number of nitrogens with two attached hydrogens (primary N) is 1. The summed E-state index contributed by atoms with van der Waals surface area (Å²) in [6.07, 6.45) is 1.88. The molecule has 0 atom stereocenters. The minimum atomic E-state index is -0.0293. The van der Waals surface area contributed by atoms with E-state index in [9.17, 15) is 4.79 Å². The molecule has 0 saturated carbocycles. The van der Waals surface area contributed by atoms with Gasteiger partial charge in [-0.15, -0.1) is 11.3 Å². The van der Waals surface area contributed by atoms with Crippen molar-refractivity contribution >= 4 is 22.9 Å². The van der Waals surface area contributed by atoms with Crippen LogP contribution in [0.4, 0.5) is 5.82 Å². The number of carbonyl (C=O) groups excluding carboxylic acids is 1. The molecule has 2 aromatic heterocycles. The summed E-state index contributed by atoms with van der Waals surface area (Å²) in [6.45, 7) is 3.78. The zero-order valence-corrected chi connectivity index (χ0v) is 10.5. The minimum absolute atomic E-state index is 0.0293. The maximum absolute atomic E-state index is 12.1. The van der Waals surface area contributed by atoms with Crippen molar-refractivity contribution in [2.24, 2.45) is 0 Å². The second kappa shape index (κ2) is 4.63. The molecule has 0 saturated heterocycles. The smallest absolute Gasteiger partial charge is 0.172 e. The minimum Gasteiger partial charge on any atom is -0.383 e. The lowest BCUT2D eigenvalue weighted by molar-refractivity contribution is 0.0992. The second-order valence-corrected chi connectivity index (χ2v) is 4.91. The van der Waals surface area contributed by atoms with Crippen molar-refractivity contribution in [1.82, 2.24) is 9.97 Å². The number of Topliss-reactive ketones (excluding diaryl/α,β-unsaturated/α-hetero) is 1. The molecule has 0 fully saturated rings. The zero-order chi connectivity index (χ0) is 12.4. The first-order valence-corrected chi connectivity index (χ1v) is 6.11. The monoisotopic (exact) mass is 247 g/mol. The van der Waals surface area contributed by atoms with Crippen molar-refractivity contribution in [3.05, 3.63) is 39.5 Å². The number of pyridine rings is 1. The Kier molecular flexibility index (Phi) is 3.19. The molecule has 0 amide bonds. The van der Waals surface area contributed by atoms with E-state index in [1.165, 1.54) is 11.3 Å². The number of ketones is 1. The number of rotatable bonds is 3. The standard InChI is InChI=1S/C12H13N3OS/c1-7-3-4-14-12(13)11(7)10(16)5-9-6-17-8(2)15-9/h3-4,6H,5H2,1-2H3,(H2,13,14). The second-order valence-electron chi connectivity index (χ2n) is 3.85. The lowest BCUT2D eigenvalue weighted by atomic mass is 10.0. The first-order chi connectivity index (χ1) is 8.08. The Labute approximate surface area is 104 Å². The summed E-state index contributed by atoms with van der Waals surface area (Å²) in [4.78, 5) is 20.3. The molecular formula is C12H13N3OS. The van der Waals surface area contributed by atoms with Crippen LogP contribution in [0.25, 0.3) is 0 Å². The predicted octanol–water partition coefficient (Wildman–Crippen LogP) is 2.16. The van der Waals surface area contributed by atoms with Crippen LogP contribution in [-0.2, 0) is 6.42 Å². The first kappa shape index (κ1) is 11.7. The number of anilines is 1. The van der Waals surface area contributed by atoms with E-state index in [-0.39, 0.29) is 12.2 Å². The van der Waals surface area contributed by atoms with Gasteiger partial charge < -0.3 is 5.73 Å². The van der Waals surface area contributed by atoms with E-state index in [4.69, 9.17) is 5.73 Å². The van der Waals surface area contributed by atoms with Crippen LogP contribution in [0.3, 0.4) is 0 Å². The summed E-state index contributed by atoms with van der Waals surface area (Å²) in [6, 6.07) is 1.79. The Balaban J connectivity index is 2.26. The predicted molar refractivity (Wildman–Crippen MR) is 68.3 cm³/mol. The highest BCUT2D eigenvalue weighted by molar-refractivity contribution is 7.09. The fourth-order valence-corrected chi connectivity index (χ4v) is 2.30. The maximum Gasteiger partial charge on any atom is 0.172 e. The molecule has 4 nitrogen and oxygen atoms in total. The molecule has 0 aliphatic rings. The molecule has 88 valence electrons. The summed E-state index contributed by atoms with van der Waals surface area (Å²) in [7, 11) is 0. The van der Waals surface area contributed by atoms with Gasteiger partial charge >= 0.3 is 0 Å². The lowest BCUT2D eigenvalue weighted by Crippen LogP contribution is -2.10. The van der Waals surface area contributed by atoms with Crippen molar-refractivity contribution < 1.29 is 4.79 Å². The van der Waals surface area contributed by atoms with Crippen molar-refractivity contribution in [3.63, 3.8) is 0 Å². The molecule has 2 heterocycles. The average molecular weight is 247 g/mol. The number of carbonyl (C=O) groups is 1. The van der Waals surface area contributed by atoms with Crippen molar-refractivity contribution in [1.29, 1.82) is 0 Å². The van der Waals surface area contributed by atoms with Gasteiger partial charge in [-0.3, -0.25) is 4.79 Å². The van der Waals surface area contributed by atoms with E-state index < -0.39 is 0 Å². The third-order valence-electron chi connectivity index (χ3n) is 2.48. The SMILES string of the molecule is Cc1nc(CC(=O)c2c(C)ccnc2N)cs1. The average Bonchev–Trinajstić information content (AvgIpc) is 2.63. The highest BCUT2D eigenvalue weighted by Crippen LogP contribution is 2.17. The number of aromatic nitrogens is 2. The summed E-state index contributed by atoms with van der Waals surface area (Å²) in [5.74, 6) is 0.264. The molecule has 0 spiro atoms. The highest BCUT2D eigenvalue weighted by Gasteiger charge is 2.15. The van der Waals surface area contributed by atoms with Gasteiger partial charge in [-0.25, -0.2) is 9.97 Å². The van der Waals surface area contributed by atoms with Gasteiger partial charge in [0.2, 0.25) is 0 Å². The fourth-order valence-electron chi connectivity index (χ4n) is 1.68. The van der Waals surface area contributed by atoms with E-state index in [2.05, 4.69) is 9.97 Å². The van der Waals surface area contributed by atoms with Gasteiger partial charge in [0.15, 0.2) is 5.78 Å². The van der Waals surface area contributed by atoms with Crippen LogP contribution in [0.1, 0.15) is 26.6 Å². The molecule has 2 aromatic rings. The van der Waals surface area contributed by atoms with Crippen LogP contribution >= 0.6 is 11.3 Å². The molecule has 0 aromatic carbocycles. The molecule has 2 rings (SSSR count). The molecule has 0 radical (unpaired) electrons. The Morgan fingerprint density at radius 2 is 2.24 bits per heavy atom. The van der Waals surface area contributed by atoms with Crippen molar-refractivity contribution in [2.75, 3.05) is 5.73 Å². The third kappa shape index (κ3) is 2.50. The van der Waals surface area contributed by atoms with Gasteiger partial charge in [0, 0.05) is 11.6 Å². The van der Waals surface area contributed by atoms with E-state index in [1.807, 2.05) is 19.2 Å². The third-order valence-corrected chi connectivity index (χ3v) is 3.30. The lowest BCUT2D eigenvalue weighted by Gasteiger charge is -2.05. The first-order valence-electron chi connectivity index (χ1n) is 5.23. The van der Waals surface area contributed by atoms with Crippen LogP contribution in [0.5, 0.6) is 0 Å². The quantitative estimate of drug-likeness (QED) is 0.844. The van der Waals surface area contributed by atoms with Gasteiger partial charge in [0.1, 0.15) is 5.82 Å². The zero-order valence-electron chi connectivity index (χ0n) is 9.73. The highest BCUT2D eigenvalue weighted by atomic mass is 32.1. The Bertz CT molecular complexity index is 542. The number of hydrogen-bond acceptors (Lipinski definition) is 5. The van der Waals surface area contributed by atoms with E-state index in [0.717, 1.165) is 16.3 Å². The normalized spacial score (nSPS) is 10.5. The molecule has 0 unspecified atom stereocenters. The van der Waals surface area contributed by atoms with Crippen molar-refractivity contribution in [3.8, 4) is 0 Å². The number of aryl methyl sites for hydroxylation is 2. The van der Waals surface area contributed by atoms with Gasteiger partial charge in [-0.2, -0.15) is 0 Å². The molecule has 5 heteroatoms. The Morgan fingerprint density at radius 1 is 1.47 bits per heavy atom. The molecule has 2 N–H and O–H groups in total. The van der Waals surface area contributed by atoms with Crippen LogP contribution < -0.4 is 5.73 Å². The molecule has 0 aliphatic heterocycles. The summed E-state index contributed by atoms with van der Waals surface area (Å²) in [5, 5.41) is 2.86. The number of nitrogen functional groups attached to an aromatic ring is 1. The van der Waals surface area contributed by atoms with Crippen LogP contribution in [0.2, 0.25) is 0 Å². The van der Waals surface area contributed by atoms with E-state index in [1.54, 1.807) is 12.3 Å². The van der Waals surface area contributed by atoms with E-state index >= 15 is 0 Å². The van der Waals surface area contributed by atoms with Crippen molar-refractivity contribution in [2.45, 2.75) is 20.3 Å². The largest absolute Gasteiger partial charge is 0.383 e. The molecular weight excluding hydrogens is 234 g/mol. The molecule has 0 bridgehead atoms. The van der Waals surface area contributed by atoms with Crippen LogP contribution in [0.15, 0.2) is 17.6 Å². The number of thiazole rings is 1. The van der Waals surface area contributed by atoms with Gasteiger partial charge in [-0.05, 0) is 25.5 Å². The maximum atomic E-state index is 12.1. The summed E-state index contributed by atoms with van der Waals surface area (Å²) < 4.78 is 0. The van der Waals surface area contributed by atoms with Crippen LogP contribution in [0, 0.1) is 13.8 Å². The Hall–Kier alpha value is -1.75. The summed E-state index contributed by atoms with van der Waals surface area (Å²) in [5.41, 5.74) is 7.89. The molecule has 17 heavy (non-hydrogen) atoms. The topological polar surface area (TPSA) is 68.9 Å². The van der Waals surface area contributed by atoms with Crippen LogP contribution in [-0.4, -0.2) is 15.8 Å². The summed E-state index contributed by atoms with van der Waals surface area (Å²) >= 11 is 1.54. The Morgan fingerprint density at radius 3 is 2.82 bits per heavy atom. The number of nitrogens with zero attached hydrogens (tertiary/aromatic N) is 2. The molecule has 0 aliphatic carbocycles.